The summed E-state index contributed by atoms with van der Waals surface area (Å²) in [5.74, 6) is 1.01. The maximum absolute atomic E-state index is 12.0. The molecule has 1 heterocycles. The van der Waals surface area contributed by atoms with E-state index in [0.717, 1.165) is 0 Å². The molecule has 1 saturated heterocycles. The lowest BCUT2D eigenvalue weighted by Crippen LogP contribution is -2.30. The van der Waals surface area contributed by atoms with Crippen LogP contribution >= 0.6 is 23.4 Å². The lowest BCUT2D eigenvalue weighted by atomic mass is 10.1. The SMILES string of the molecule is Nc1cccc(Cl)c1C(=O)NCC1CCCS1. The van der Waals surface area contributed by atoms with E-state index in [9.17, 15) is 4.79 Å². The number of amides is 1. The molecule has 0 bridgehead atoms. The van der Waals surface area contributed by atoms with E-state index in [2.05, 4.69) is 5.32 Å². The number of anilines is 1. The Morgan fingerprint density at radius 3 is 3.06 bits per heavy atom. The molecule has 1 atom stereocenters. The van der Waals surface area contributed by atoms with Crippen molar-refractivity contribution in [3.05, 3.63) is 28.8 Å². The molecule has 1 aliphatic rings. The van der Waals surface area contributed by atoms with Crippen LogP contribution in [0.3, 0.4) is 0 Å². The van der Waals surface area contributed by atoms with Crippen molar-refractivity contribution in [2.45, 2.75) is 18.1 Å². The maximum Gasteiger partial charge on any atom is 0.254 e. The van der Waals surface area contributed by atoms with E-state index in [-0.39, 0.29) is 5.91 Å². The van der Waals surface area contributed by atoms with Crippen molar-refractivity contribution in [3.63, 3.8) is 0 Å². The molecule has 1 aromatic carbocycles. The van der Waals surface area contributed by atoms with E-state index >= 15 is 0 Å². The molecule has 0 aliphatic carbocycles. The van der Waals surface area contributed by atoms with Gasteiger partial charge in [-0.25, -0.2) is 0 Å². The third kappa shape index (κ3) is 3.07. The topological polar surface area (TPSA) is 55.1 Å². The molecule has 5 heteroatoms. The first-order valence-electron chi connectivity index (χ1n) is 5.62. The Morgan fingerprint density at radius 2 is 2.41 bits per heavy atom. The number of hydrogen-bond donors (Lipinski definition) is 2. The first kappa shape index (κ1) is 12.6. The summed E-state index contributed by atoms with van der Waals surface area (Å²) in [5, 5.41) is 3.83. The highest BCUT2D eigenvalue weighted by Crippen LogP contribution is 2.26. The number of thioether (sulfide) groups is 1. The van der Waals surface area contributed by atoms with Crippen LogP contribution in [0, 0.1) is 0 Å². The molecule has 3 nitrogen and oxygen atoms in total. The highest BCUT2D eigenvalue weighted by Gasteiger charge is 2.18. The zero-order valence-electron chi connectivity index (χ0n) is 9.41. The summed E-state index contributed by atoms with van der Waals surface area (Å²) in [7, 11) is 0. The quantitative estimate of drug-likeness (QED) is 0.830. The average Bonchev–Trinajstić information content (AvgIpc) is 2.79. The molecule has 1 aromatic rings. The Balaban J connectivity index is 1.99. The van der Waals surface area contributed by atoms with Crippen molar-refractivity contribution in [1.82, 2.24) is 5.32 Å². The molecule has 2 rings (SSSR count). The van der Waals surface area contributed by atoms with E-state index < -0.39 is 0 Å². The van der Waals surface area contributed by atoms with Gasteiger partial charge in [0, 0.05) is 17.5 Å². The Bertz CT molecular complexity index is 399. The first-order valence-corrected chi connectivity index (χ1v) is 7.05. The molecule has 1 amide bonds. The number of carbonyl (C=O) groups is 1. The van der Waals surface area contributed by atoms with Gasteiger partial charge in [0.25, 0.3) is 5.91 Å². The number of halogens is 1. The normalized spacial score (nSPS) is 19.2. The highest BCUT2D eigenvalue weighted by molar-refractivity contribution is 8.00. The number of rotatable bonds is 3. The molecule has 3 N–H and O–H groups in total. The number of hydrogen-bond acceptors (Lipinski definition) is 3. The fourth-order valence-corrected chi connectivity index (χ4v) is 3.35. The predicted octanol–water partition coefficient (Wildman–Crippen LogP) is 2.55. The Kier molecular flexibility index (Phi) is 4.18. The molecule has 0 radical (unpaired) electrons. The van der Waals surface area contributed by atoms with Crippen molar-refractivity contribution in [2.24, 2.45) is 0 Å². The van der Waals surface area contributed by atoms with Crippen LogP contribution in [-0.2, 0) is 0 Å². The Morgan fingerprint density at radius 1 is 1.59 bits per heavy atom. The highest BCUT2D eigenvalue weighted by atomic mass is 35.5. The smallest absolute Gasteiger partial charge is 0.254 e. The third-order valence-corrected chi connectivity index (χ3v) is 4.50. The van der Waals surface area contributed by atoms with Gasteiger partial charge in [-0.3, -0.25) is 4.79 Å². The Hall–Kier alpha value is -0.870. The van der Waals surface area contributed by atoms with Crippen LogP contribution in [0.15, 0.2) is 18.2 Å². The fraction of sp³-hybridized carbons (Fsp3) is 0.417. The van der Waals surface area contributed by atoms with Crippen molar-refractivity contribution < 1.29 is 4.79 Å². The predicted molar refractivity (Wildman–Crippen MR) is 73.7 cm³/mol. The molecule has 0 spiro atoms. The van der Waals surface area contributed by atoms with E-state index in [1.807, 2.05) is 11.8 Å². The summed E-state index contributed by atoms with van der Waals surface area (Å²) in [6, 6.07) is 5.10. The zero-order valence-corrected chi connectivity index (χ0v) is 11.0. The number of nitrogens with one attached hydrogen (secondary N) is 1. The second kappa shape index (κ2) is 5.65. The fourth-order valence-electron chi connectivity index (χ4n) is 1.88. The average molecular weight is 271 g/mol. The number of benzene rings is 1. The summed E-state index contributed by atoms with van der Waals surface area (Å²) in [4.78, 5) is 12.0. The third-order valence-electron chi connectivity index (χ3n) is 2.79. The summed E-state index contributed by atoms with van der Waals surface area (Å²) in [5.41, 5.74) is 6.57. The minimum absolute atomic E-state index is 0.180. The van der Waals surface area contributed by atoms with Gasteiger partial charge in [-0.2, -0.15) is 11.8 Å². The molecule has 1 aliphatic heterocycles. The summed E-state index contributed by atoms with van der Waals surface area (Å²) < 4.78 is 0. The molecule has 0 saturated carbocycles. The standard InChI is InChI=1S/C12H15ClN2OS/c13-9-4-1-5-10(14)11(9)12(16)15-7-8-3-2-6-17-8/h1,4-5,8H,2-3,6-7,14H2,(H,15,16). The lowest BCUT2D eigenvalue weighted by molar-refractivity contribution is 0.0954. The Labute approximate surface area is 110 Å². The first-order chi connectivity index (χ1) is 8.18. The zero-order chi connectivity index (χ0) is 12.3. The van der Waals surface area contributed by atoms with Crippen LogP contribution in [0.2, 0.25) is 5.02 Å². The van der Waals surface area contributed by atoms with Crippen LogP contribution in [0.5, 0.6) is 0 Å². The van der Waals surface area contributed by atoms with E-state index in [1.165, 1.54) is 18.6 Å². The minimum atomic E-state index is -0.180. The van der Waals surface area contributed by atoms with Gasteiger partial charge in [-0.1, -0.05) is 17.7 Å². The number of nitrogen functional groups attached to an aromatic ring is 1. The van der Waals surface area contributed by atoms with E-state index in [0.29, 0.717) is 28.1 Å². The minimum Gasteiger partial charge on any atom is -0.398 e. The van der Waals surface area contributed by atoms with Gasteiger partial charge in [-0.05, 0) is 30.7 Å². The largest absolute Gasteiger partial charge is 0.398 e. The van der Waals surface area contributed by atoms with E-state index in [1.54, 1.807) is 18.2 Å². The maximum atomic E-state index is 12.0. The van der Waals surface area contributed by atoms with Crippen molar-refractivity contribution in [1.29, 1.82) is 0 Å². The van der Waals surface area contributed by atoms with Gasteiger partial charge in [0.2, 0.25) is 0 Å². The molecule has 0 aromatic heterocycles. The van der Waals surface area contributed by atoms with Gasteiger partial charge < -0.3 is 11.1 Å². The van der Waals surface area contributed by atoms with Crippen LogP contribution in [0.1, 0.15) is 23.2 Å². The van der Waals surface area contributed by atoms with Crippen LogP contribution in [-0.4, -0.2) is 23.5 Å². The van der Waals surface area contributed by atoms with Crippen LogP contribution < -0.4 is 11.1 Å². The molecule has 17 heavy (non-hydrogen) atoms. The monoisotopic (exact) mass is 270 g/mol. The summed E-state index contributed by atoms with van der Waals surface area (Å²) in [6.07, 6.45) is 2.41. The van der Waals surface area contributed by atoms with Gasteiger partial charge in [0.15, 0.2) is 0 Å². The van der Waals surface area contributed by atoms with Gasteiger partial charge >= 0.3 is 0 Å². The van der Waals surface area contributed by atoms with Crippen LogP contribution in [0.4, 0.5) is 5.69 Å². The van der Waals surface area contributed by atoms with Crippen molar-refractivity contribution in [2.75, 3.05) is 18.0 Å². The molecule has 1 unspecified atom stereocenters. The van der Waals surface area contributed by atoms with E-state index in [4.69, 9.17) is 17.3 Å². The summed E-state index contributed by atoms with van der Waals surface area (Å²) in [6.45, 7) is 0.689. The summed E-state index contributed by atoms with van der Waals surface area (Å²) >= 11 is 7.88. The van der Waals surface area contributed by atoms with Gasteiger partial charge in [0.05, 0.1) is 10.6 Å². The van der Waals surface area contributed by atoms with Crippen molar-refractivity contribution in [3.8, 4) is 0 Å². The van der Waals surface area contributed by atoms with Crippen LogP contribution in [0.25, 0.3) is 0 Å². The number of nitrogens with two attached hydrogens (primary N) is 1. The number of carbonyl (C=O) groups excluding carboxylic acids is 1. The molecule has 1 fully saturated rings. The molecular weight excluding hydrogens is 256 g/mol. The molecular formula is C12H15ClN2OS. The van der Waals surface area contributed by atoms with Gasteiger partial charge in [-0.15, -0.1) is 0 Å². The second-order valence-corrected chi connectivity index (χ2v) is 5.86. The molecule has 92 valence electrons. The second-order valence-electron chi connectivity index (χ2n) is 4.05. The van der Waals surface area contributed by atoms with Gasteiger partial charge in [0.1, 0.15) is 0 Å². The lowest BCUT2D eigenvalue weighted by Gasteiger charge is -2.12. The van der Waals surface area contributed by atoms with Crippen molar-refractivity contribution >= 4 is 35.0 Å².